The molecule has 1 aromatic rings. The average Bonchev–Trinajstić information content (AvgIpc) is 2.51. The molecule has 0 saturated heterocycles. The number of rotatable bonds is 7. The molecule has 1 heterocycles. The minimum Gasteiger partial charge on any atom is -0.376 e. The Bertz CT molecular complexity index is 549. The molecule has 2 amide bonds. The molecule has 0 unspecified atom stereocenters. The third-order valence-electron chi connectivity index (χ3n) is 3.19. The molecule has 8 heteroatoms. The van der Waals surface area contributed by atoms with Gasteiger partial charge in [0.2, 0.25) is 11.6 Å². The summed E-state index contributed by atoms with van der Waals surface area (Å²) in [6, 6.07) is 3.69. The first-order chi connectivity index (χ1) is 10.9. The van der Waals surface area contributed by atoms with Crippen molar-refractivity contribution in [3.05, 3.63) is 11.6 Å². The molecule has 0 bridgehead atoms. The zero-order chi connectivity index (χ0) is 17.4. The summed E-state index contributed by atoms with van der Waals surface area (Å²) in [5, 5.41) is 12.2. The Labute approximate surface area is 137 Å². The van der Waals surface area contributed by atoms with Crippen LogP contribution in [0.2, 0.25) is 0 Å². The first-order valence-corrected chi connectivity index (χ1v) is 7.55. The van der Waals surface area contributed by atoms with Crippen LogP contribution in [-0.4, -0.2) is 40.8 Å². The quantitative estimate of drug-likeness (QED) is 0.513. The van der Waals surface area contributed by atoms with Crippen molar-refractivity contribution in [1.29, 1.82) is 5.26 Å². The van der Waals surface area contributed by atoms with E-state index in [1.165, 1.54) is 0 Å². The molecule has 0 aromatic carbocycles. The van der Waals surface area contributed by atoms with Gasteiger partial charge in [-0.05, 0) is 6.42 Å². The number of urea groups is 1. The number of H-pyrrole nitrogens is 1. The number of carbonyl (C=O) groups excluding carboxylic acids is 1. The van der Waals surface area contributed by atoms with Crippen LogP contribution >= 0.6 is 0 Å². The van der Waals surface area contributed by atoms with Crippen LogP contribution in [0.5, 0.6) is 0 Å². The topological polar surface area (TPSA) is 97.6 Å². The van der Waals surface area contributed by atoms with Crippen LogP contribution < -0.4 is 31.0 Å². The minimum absolute atomic E-state index is 0.297. The lowest BCUT2D eigenvalue weighted by molar-refractivity contribution is -0.347. The van der Waals surface area contributed by atoms with Gasteiger partial charge in [-0.2, -0.15) is 5.26 Å². The Balaban J connectivity index is 2.91. The molecule has 0 atom stereocenters. The number of nitrogens with one attached hydrogen (secondary N) is 4. The molecule has 23 heavy (non-hydrogen) atoms. The maximum absolute atomic E-state index is 11.7. The number of amides is 2. The van der Waals surface area contributed by atoms with Crippen LogP contribution in [0, 0.1) is 11.3 Å². The first kappa shape index (κ1) is 18.4. The molecule has 1 aromatic heterocycles. The molecule has 0 saturated carbocycles. The molecule has 8 nitrogen and oxygen atoms in total. The number of carbonyl (C=O) groups is 1. The van der Waals surface area contributed by atoms with Gasteiger partial charge in [-0.3, -0.25) is 4.90 Å². The van der Waals surface area contributed by atoms with Crippen LogP contribution in [0.15, 0.2) is 6.07 Å². The minimum atomic E-state index is -0.297. The van der Waals surface area contributed by atoms with E-state index in [1.54, 1.807) is 6.07 Å². The summed E-state index contributed by atoms with van der Waals surface area (Å²) in [6.45, 7) is 2.70. The first-order valence-electron chi connectivity index (χ1n) is 7.55. The molecule has 126 valence electrons. The molecule has 4 N–H and O–H groups in total. The van der Waals surface area contributed by atoms with E-state index in [9.17, 15) is 10.1 Å². The van der Waals surface area contributed by atoms with Gasteiger partial charge in [-0.15, -0.1) is 0 Å². The third-order valence-corrected chi connectivity index (χ3v) is 3.19. The third kappa shape index (κ3) is 5.21. The van der Waals surface area contributed by atoms with Crippen molar-refractivity contribution in [2.24, 2.45) is 0 Å². The number of anilines is 3. The second-order valence-electron chi connectivity index (χ2n) is 5.55. The van der Waals surface area contributed by atoms with Gasteiger partial charge in [-0.1, -0.05) is 13.3 Å². The summed E-state index contributed by atoms with van der Waals surface area (Å²) in [4.78, 5) is 18.5. The maximum Gasteiger partial charge on any atom is 0.344 e. The lowest BCUT2D eigenvalue weighted by Crippen LogP contribution is -2.41. The second-order valence-corrected chi connectivity index (χ2v) is 5.55. The highest BCUT2D eigenvalue weighted by atomic mass is 16.2. The highest BCUT2D eigenvalue weighted by Crippen LogP contribution is 2.25. The van der Waals surface area contributed by atoms with Crippen molar-refractivity contribution in [3.63, 3.8) is 0 Å². The number of hydrazine groups is 1. The monoisotopic (exact) mass is 320 g/mol. The van der Waals surface area contributed by atoms with Crippen molar-refractivity contribution in [2.45, 2.75) is 19.8 Å². The zero-order valence-electron chi connectivity index (χ0n) is 14.4. The molecule has 0 aliphatic carbocycles. The molecule has 0 spiro atoms. The number of aromatic nitrogens is 1. The van der Waals surface area contributed by atoms with Gasteiger partial charge in [0.25, 0.3) is 0 Å². The van der Waals surface area contributed by atoms with Gasteiger partial charge < -0.3 is 10.2 Å². The molecule has 1 rings (SSSR count). The van der Waals surface area contributed by atoms with Crippen LogP contribution in [-0.2, 0) is 0 Å². The highest BCUT2D eigenvalue weighted by molar-refractivity contribution is 5.75. The average molecular weight is 320 g/mol. The predicted molar refractivity (Wildman–Crippen MR) is 91.4 cm³/mol. The van der Waals surface area contributed by atoms with Gasteiger partial charge in [0, 0.05) is 26.7 Å². The molecule has 0 aliphatic rings. The van der Waals surface area contributed by atoms with E-state index in [0.29, 0.717) is 23.7 Å². The van der Waals surface area contributed by atoms with Gasteiger partial charge in [0.15, 0.2) is 0 Å². The number of nitrogens with zero attached hydrogens (tertiary/aromatic N) is 3. The number of hydrogen-bond acceptors (Lipinski definition) is 5. The van der Waals surface area contributed by atoms with E-state index < -0.39 is 0 Å². The lowest BCUT2D eigenvalue weighted by Gasteiger charge is -2.18. The van der Waals surface area contributed by atoms with Crippen molar-refractivity contribution in [3.8, 4) is 6.07 Å². The number of pyridine rings is 1. The number of hydrogen-bond donors (Lipinski definition) is 3. The van der Waals surface area contributed by atoms with Gasteiger partial charge >= 0.3 is 6.03 Å². The van der Waals surface area contributed by atoms with E-state index in [0.717, 1.165) is 18.5 Å². The number of nitriles is 1. The Kier molecular flexibility index (Phi) is 6.93. The van der Waals surface area contributed by atoms with E-state index in [2.05, 4.69) is 34.1 Å². The van der Waals surface area contributed by atoms with E-state index >= 15 is 0 Å². The summed E-state index contributed by atoms with van der Waals surface area (Å²) < 4.78 is 0. The standard InChI is InChI=1S/C15H25N7O/c1-6-7-8-17-15(23)20-19-13-9-12(21(2)3)11(10-16)14(18-13)22(4)5/h9H,6-8H2,1-5H3,(H,18,19)(H2,17,20,23)/p+1. The summed E-state index contributed by atoms with van der Waals surface area (Å²) in [5.74, 6) is 1.25. The Morgan fingerprint density at radius 1 is 1.30 bits per heavy atom. The molecular formula is C15H26N7O+. The fourth-order valence-electron chi connectivity index (χ4n) is 1.97. The Hall–Kier alpha value is -2.69. The zero-order valence-corrected chi connectivity index (χ0v) is 14.4. The Morgan fingerprint density at radius 2 is 2.00 bits per heavy atom. The fourth-order valence-corrected chi connectivity index (χ4v) is 1.97. The molecule has 0 aliphatic heterocycles. The van der Waals surface area contributed by atoms with Crippen molar-refractivity contribution >= 4 is 23.4 Å². The number of unbranched alkanes of at least 4 members (excludes halogenated alkanes) is 1. The SMILES string of the molecule is CCCCNC(=O)NNc1cc(N(C)C)c(C#N)c(N(C)C)[nH+]1. The summed E-state index contributed by atoms with van der Waals surface area (Å²) in [5.41, 5.74) is 6.70. The molecular weight excluding hydrogens is 294 g/mol. The summed E-state index contributed by atoms with van der Waals surface area (Å²) in [6.07, 6.45) is 1.96. The highest BCUT2D eigenvalue weighted by Gasteiger charge is 2.19. The maximum atomic E-state index is 11.7. The second kappa shape index (κ2) is 8.68. The van der Waals surface area contributed by atoms with Crippen LogP contribution in [0.1, 0.15) is 25.3 Å². The van der Waals surface area contributed by atoms with Crippen molar-refractivity contribution in [1.82, 2.24) is 10.7 Å². The van der Waals surface area contributed by atoms with Crippen molar-refractivity contribution < 1.29 is 9.78 Å². The molecule has 0 radical (unpaired) electrons. The van der Waals surface area contributed by atoms with Crippen LogP contribution in [0.4, 0.5) is 22.1 Å². The van der Waals surface area contributed by atoms with Gasteiger partial charge in [0.1, 0.15) is 11.6 Å². The van der Waals surface area contributed by atoms with Gasteiger partial charge in [-0.25, -0.2) is 20.6 Å². The Morgan fingerprint density at radius 3 is 2.52 bits per heavy atom. The van der Waals surface area contributed by atoms with E-state index in [4.69, 9.17) is 0 Å². The fraction of sp³-hybridized carbons (Fsp3) is 0.533. The molecule has 0 fully saturated rings. The van der Waals surface area contributed by atoms with E-state index in [-0.39, 0.29) is 6.03 Å². The lowest BCUT2D eigenvalue weighted by atomic mass is 10.2. The van der Waals surface area contributed by atoms with Crippen LogP contribution in [0.25, 0.3) is 0 Å². The summed E-state index contributed by atoms with van der Waals surface area (Å²) >= 11 is 0. The predicted octanol–water partition coefficient (Wildman–Crippen LogP) is 0.931. The smallest absolute Gasteiger partial charge is 0.344 e. The summed E-state index contributed by atoms with van der Waals surface area (Å²) in [7, 11) is 7.43. The van der Waals surface area contributed by atoms with E-state index in [1.807, 2.05) is 38.0 Å². The van der Waals surface area contributed by atoms with Crippen LogP contribution in [0.3, 0.4) is 0 Å². The number of aromatic amines is 1. The normalized spacial score (nSPS) is 9.74. The van der Waals surface area contributed by atoms with Crippen molar-refractivity contribution in [2.75, 3.05) is 50.0 Å². The van der Waals surface area contributed by atoms with Gasteiger partial charge in [0.05, 0.1) is 19.8 Å². The largest absolute Gasteiger partial charge is 0.376 e.